The molecule has 1 N–H and O–H groups in total. The van der Waals surface area contributed by atoms with E-state index in [2.05, 4.69) is 10.4 Å². The fourth-order valence-electron chi connectivity index (χ4n) is 4.08. The third-order valence-corrected chi connectivity index (χ3v) is 5.66. The summed E-state index contributed by atoms with van der Waals surface area (Å²) in [6.45, 7) is -0.710. The van der Waals surface area contributed by atoms with Crippen LogP contribution in [0, 0.1) is 0 Å². The number of aromatic nitrogens is 2. The minimum Gasteiger partial charge on any atom is -0.472 e. The molecule has 3 heterocycles. The first kappa shape index (κ1) is 20.3. The molecule has 0 spiro atoms. The SMILES string of the molecule is O=C(Nc1ccc2c(c1)CCN2C(=O)c1ccoc1)c1cnn(CC(F)(F)F)c1C1CC1. The Morgan fingerprint density at radius 2 is 2.03 bits per heavy atom. The third kappa shape index (κ3) is 3.88. The Balaban J connectivity index is 1.35. The van der Waals surface area contributed by atoms with E-state index in [0.717, 1.165) is 28.8 Å². The Labute approximate surface area is 180 Å². The van der Waals surface area contributed by atoms with Gasteiger partial charge in [-0.15, -0.1) is 0 Å². The number of rotatable bonds is 5. The van der Waals surface area contributed by atoms with Crippen LogP contribution in [0.5, 0.6) is 0 Å². The van der Waals surface area contributed by atoms with Gasteiger partial charge in [-0.05, 0) is 49.1 Å². The van der Waals surface area contributed by atoms with E-state index in [-0.39, 0.29) is 17.4 Å². The molecule has 10 heteroatoms. The molecule has 5 rings (SSSR count). The number of halogens is 3. The van der Waals surface area contributed by atoms with Gasteiger partial charge in [-0.2, -0.15) is 18.3 Å². The highest BCUT2D eigenvalue weighted by Crippen LogP contribution is 2.42. The van der Waals surface area contributed by atoms with E-state index in [1.807, 2.05) is 0 Å². The summed E-state index contributed by atoms with van der Waals surface area (Å²) in [5.41, 5.74) is 3.11. The Morgan fingerprint density at radius 1 is 1.22 bits per heavy atom. The summed E-state index contributed by atoms with van der Waals surface area (Å²) in [7, 11) is 0. The lowest BCUT2D eigenvalue weighted by atomic mass is 10.1. The van der Waals surface area contributed by atoms with Crippen molar-refractivity contribution in [2.24, 2.45) is 0 Å². The van der Waals surface area contributed by atoms with E-state index in [0.29, 0.717) is 29.9 Å². The number of benzene rings is 1. The summed E-state index contributed by atoms with van der Waals surface area (Å²) < 4.78 is 44.5. The van der Waals surface area contributed by atoms with E-state index in [1.165, 1.54) is 18.7 Å². The molecule has 0 saturated heterocycles. The van der Waals surface area contributed by atoms with Gasteiger partial charge in [0.05, 0.1) is 29.3 Å². The molecule has 1 aliphatic carbocycles. The fourth-order valence-corrected chi connectivity index (χ4v) is 4.08. The predicted octanol–water partition coefficient (Wildman–Crippen LogP) is 4.37. The van der Waals surface area contributed by atoms with E-state index in [4.69, 9.17) is 4.42 Å². The highest BCUT2D eigenvalue weighted by molar-refractivity contribution is 6.08. The molecule has 1 saturated carbocycles. The first-order valence-corrected chi connectivity index (χ1v) is 10.2. The Bertz CT molecular complexity index is 1180. The minimum absolute atomic E-state index is 0.0805. The van der Waals surface area contributed by atoms with Crippen LogP contribution in [-0.4, -0.2) is 34.3 Å². The van der Waals surface area contributed by atoms with Crippen LogP contribution in [0.3, 0.4) is 0 Å². The molecule has 3 aromatic rings. The number of hydrogen-bond acceptors (Lipinski definition) is 4. The summed E-state index contributed by atoms with van der Waals surface area (Å²) in [4.78, 5) is 27.1. The summed E-state index contributed by atoms with van der Waals surface area (Å²) in [6, 6.07) is 6.82. The molecule has 1 fully saturated rings. The molecule has 7 nitrogen and oxygen atoms in total. The Hall–Kier alpha value is -3.56. The quantitative estimate of drug-likeness (QED) is 0.634. The van der Waals surface area contributed by atoms with Gasteiger partial charge in [0.15, 0.2) is 0 Å². The first-order valence-electron chi connectivity index (χ1n) is 10.2. The van der Waals surface area contributed by atoms with Gasteiger partial charge in [0, 0.05) is 23.8 Å². The Kier molecular flexibility index (Phi) is 4.79. The topological polar surface area (TPSA) is 80.4 Å². The summed E-state index contributed by atoms with van der Waals surface area (Å²) >= 11 is 0. The van der Waals surface area contributed by atoms with Crippen LogP contribution in [0.25, 0.3) is 0 Å². The number of anilines is 2. The molecule has 0 radical (unpaired) electrons. The normalized spacial score (nSPS) is 15.7. The van der Waals surface area contributed by atoms with Crippen LogP contribution in [0.2, 0.25) is 0 Å². The highest BCUT2D eigenvalue weighted by Gasteiger charge is 2.37. The molecule has 0 atom stereocenters. The van der Waals surface area contributed by atoms with Crippen LogP contribution in [0.1, 0.15) is 50.7 Å². The van der Waals surface area contributed by atoms with Crippen molar-refractivity contribution >= 4 is 23.2 Å². The number of hydrogen-bond donors (Lipinski definition) is 1. The number of nitrogens with one attached hydrogen (secondary N) is 1. The van der Waals surface area contributed by atoms with Crippen LogP contribution in [0.4, 0.5) is 24.5 Å². The van der Waals surface area contributed by atoms with Crippen molar-refractivity contribution in [3.8, 4) is 0 Å². The molecule has 32 heavy (non-hydrogen) atoms. The van der Waals surface area contributed by atoms with Crippen LogP contribution in [0.15, 0.2) is 47.4 Å². The monoisotopic (exact) mass is 444 g/mol. The maximum atomic E-state index is 12.9. The van der Waals surface area contributed by atoms with Gasteiger partial charge < -0.3 is 14.6 Å². The smallest absolute Gasteiger partial charge is 0.408 e. The minimum atomic E-state index is -4.41. The molecule has 1 aliphatic heterocycles. The molecule has 2 aromatic heterocycles. The van der Waals surface area contributed by atoms with Crippen molar-refractivity contribution < 1.29 is 27.2 Å². The van der Waals surface area contributed by atoms with Crippen molar-refractivity contribution in [2.45, 2.75) is 37.9 Å². The summed E-state index contributed by atoms with van der Waals surface area (Å²) in [6.07, 6.45) is 1.73. The standard InChI is InChI=1S/C22H19F3N4O3/c23-22(24,25)12-29-19(13-1-2-13)17(10-26-29)20(30)27-16-3-4-18-14(9-16)5-7-28(18)21(31)15-6-8-32-11-15/h3-4,6,8-11,13H,1-2,5,7,12H2,(H,27,30). The zero-order chi connectivity index (χ0) is 22.5. The number of fused-ring (bicyclic) bond motifs is 1. The molecule has 2 aliphatic rings. The van der Waals surface area contributed by atoms with Gasteiger partial charge in [-0.3, -0.25) is 14.3 Å². The average molecular weight is 444 g/mol. The van der Waals surface area contributed by atoms with Crippen molar-refractivity contribution in [1.29, 1.82) is 0 Å². The van der Waals surface area contributed by atoms with E-state index in [1.54, 1.807) is 29.2 Å². The first-order chi connectivity index (χ1) is 15.3. The number of carbonyl (C=O) groups is 2. The van der Waals surface area contributed by atoms with Gasteiger partial charge in [-0.1, -0.05) is 0 Å². The van der Waals surface area contributed by atoms with E-state index in [9.17, 15) is 22.8 Å². The molecule has 0 bridgehead atoms. The average Bonchev–Trinajstić information content (AvgIpc) is 3.15. The summed E-state index contributed by atoms with van der Waals surface area (Å²) in [5, 5.41) is 6.59. The van der Waals surface area contributed by atoms with Crippen molar-refractivity contribution in [3.63, 3.8) is 0 Å². The van der Waals surface area contributed by atoms with E-state index >= 15 is 0 Å². The van der Waals surface area contributed by atoms with Crippen molar-refractivity contribution in [3.05, 3.63) is 65.4 Å². The summed E-state index contributed by atoms with van der Waals surface area (Å²) in [5.74, 6) is -0.742. The molecule has 166 valence electrons. The van der Waals surface area contributed by atoms with Crippen LogP contribution < -0.4 is 10.2 Å². The molecule has 2 amide bonds. The lowest BCUT2D eigenvalue weighted by molar-refractivity contribution is -0.143. The number of amides is 2. The molecular formula is C22H19F3N4O3. The highest BCUT2D eigenvalue weighted by atomic mass is 19.4. The third-order valence-electron chi connectivity index (χ3n) is 5.66. The van der Waals surface area contributed by atoms with Crippen molar-refractivity contribution in [2.75, 3.05) is 16.8 Å². The maximum Gasteiger partial charge on any atom is 0.408 e. The van der Waals surface area contributed by atoms with Gasteiger partial charge >= 0.3 is 6.18 Å². The zero-order valence-electron chi connectivity index (χ0n) is 16.9. The number of nitrogens with zero attached hydrogens (tertiary/aromatic N) is 3. The van der Waals surface area contributed by atoms with Gasteiger partial charge in [0.25, 0.3) is 11.8 Å². The number of alkyl halides is 3. The molecule has 1 aromatic carbocycles. The largest absolute Gasteiger partial charge is 0.472 e. The second-order valence-corrected chi connectivity index (χ2v) is 8.01. The fraction of sp³-hybridized carbons (Fsp3) is 0.318. The number of furan rings is 1. The lowest BCUT2D eigenvalue weighted by Crippen LogP contribution is -2.28. The zero-order valence-corrected chi connectivity index (χ0v) is 16.9. The van der Waals surface area contributed by atoms with Crippen LogP contribution >= 0.6 is 0 Å². The van der Waals surface area contributed by atoms with Gasteiger partial charge in [-0.25, -0.2) is 0 Å². The molecular weight excluding hydrogens is 425 g/mol. The predicted molar refractivity (Wildman–Crippen MR) is 109 cm³/mol. The Morgan fingerprint density at radius 3 is 2.72 bits per heavy atom. The van der Waals surface area contributed by atoms with Gasteiger partial charge in [0.1, 0.15) is 12.8 Å². The molecule has 0 unspecified atom stereocenters. The number of carbonyl (C=O) groups excluding carboxylic acids is 2. The lowest BCUT2D eigenvalue weighted by Gasteiger charge is -2.16. The second kappa shape index (κ2) is 7.54. The van der Waals surface area contributed by atoms with E-state index < -0.39 is 18.6 Å². The van der Waals surface area contributed by atoms with Crippen molar-refractivity contribution in [1.82, 2.24) is 9.78 Å². The van der Waals surface area contributed by atoms with Crippen LogP contribution in [-0.2, 0) is 13.0 Å². The van der Waals surface area contributed by atoms with Gasteiger partial charge in [0.2, 0.25) is 0 Å². The second-order valence-electron chi connectivity index (χ2n) is 8.01. The maximum absolute atomic E-state index is 12.9.